The van der Waals surface area contributed by atoms with Gasteiger partial charge >= 0.3 is 0 Å². The van der Waals surface area contributed by atoms with Gasteiger partial charge in [-0.15, -0.1) is 0 Å². The van der Waals surface area contributed by atoms with Crippen molar-refractivity contribution in [3.05, 3.63) is 11.6 Å². The molecular weight excluding hydrogens is 692 g/mol. The maximum Gasteiger partial charge on any atom is 0.186 e. The fourth-order valence-corrected chi connectivity index (χ4v) is 12.1. The van der Waals surface area contributed by atoms with Gasteiger partial charge in [-0.1, -0.05) is 39.3 Å². The summed E-state index contributed by atoms with van der Waals surface area (Å²) >= 11 is 0. The quantitative estimate of drug-likeness (QED) is 0.137. The molecule has 7 aliphatic rings. The molecule has 0 aromatic carbocycles. The summed E-state index contributed by atoms with van der Waals surface area (Å²) in [5.74, 6) is 0.404. The van der Waals surface area contributed by atoms with Gasteiger partial charge in [0.2, 0.25) is 0 Å². The Labute approximate surface area is 312 Å². The van der Waals surface area contributed by atoms with E-state index in [0.717, 1.165) is 38.5 Å². The van der Waals surface area contributed by atoms with Gasteiger partial charge in [0.25, 0.3) is 0 Å². The fourth-order valence-electron chi connectivity index (χ4n) is 12.1. The minimum Gasteiger partial charge on any atom is -0.394 e. The van der Waals surface area contributed by atoms with Gasteiger partial charge in [0, 0.05) is 12.3 Å². The minimum absolute atomic E-state index is 0.0229. The molecule has 21 atom stereocenters. The van der Waals surface area contributed by atoms with E-state index < -0.39 is 80.4 Å². The van der Waals surface area contributed by atoms with E-state index in [0.29, 0.717) is 37.0 Å². The van der Waals surface area contributed by atoms with Crippen LogP contribution < -0.4 is 0 Å². The van der Waals surface area contributed by atoms with E-state index in [9.17, 15) is 46.0 Å². The predicted octanol–water partition coefficient (Wildman–Crippen LogP) is 0.317. The van der Waals surface area contributed by atoms with Gasteiger partial charge in [0.05, 0.1) is 32.0 Å². The molecule has 0 aromatic rings. The lowest BCUT2D eigenvalue weighted by molar-refractivity contribution is -0.313. The van der Waals surface area contributed by atoms with Crippen molar-refractivity contribution in [3.8, 4) is 0 Å². The lowest BCUT2D eigenvalue weighted by atomic mass is 9.47. The lowest BCUT2D eigenvalue weighted by Crippen LogP contribution is -2.60. The average Bonchev–Trinajstić information content (AvgIpc) is 3.57. The van der Waals surface area contributed by atoms with Gasteiger partial charge in [-0.3, -0.25) is 0 Å². The van der Waals surface area contributed by atoms with Crippen molar-refractivity contribution >= 4 is 0 Å². The number of aliphatic hydroxyl groups excluding tert-OH is 8. The van der Waals surface area contributed by atoms with Gasteiger partial charge in [-0.25, -0.2) is 0 Å². The molecule has 3 aliphatic heterocycles. The van der Waals surface area contributed by atoms with E-state index in [1.54, 1.807) is 0 Å². The molecule has 0 radical (unpaired) electrons. The van der Waals surface area contributed by atoms with Crippen molar-refractivity contribution < 1.29 is 69.6 Å². The predicted molar refractivity (Wildman–Crippen MR) is 186 cm³/mol. The molecule has 14 heteroatoms. The van der Waals surface area contributed by atoms with Crippen LogP contribution in [0.3, 0.4) is 0 Å². The normalized spacial score (nSPS) is 54.4. The van der Waals surface area contributed by atoms with Crippen molar-refractivity contribution in [2.45, 2.75) is 165 Å². The Bertz CT molecular complexity index is 1310. The Morgan fingerprint density at radius 2 is 1.49 bits per heavy atom. The van der Waals surface area contributed by atoms with E-state index in [4.69, 9.17) is 23.7 Å². The monoisotopic (exact) mass is 756 g/mol. The Hall–Kier alpha value is -0.820. The molecule has 6 fully saturated rings. The van der Waals surface area contributed by atoms with Crippen LogP contribution in [0.15, 0.2) is 11.6 Å². The number of hydrogen-bond acceptors (Lipinski definition) is 14. The molecular formula is C39H64O14. The SMILES string of the molecule is C[C@H](CC[C@@]1(O)O[C@H]2C[C@H]3[C@@H]4CC=C5C[C@@H](O[C@@H]6O[C@H](CO)[C@@H](O)[C@H](O)[C@H]6O)CC[C@]5(C)[C@H]4CC[C@]3(C)[C@H]2[C@@H]1C)CO[C@@H]1O[C@H](CO)[C@@H](O)[C@H](O)[C@H]1O. The first-order valence-corrected chi connectivity index (χ1v) is 20.0. The van der Waals surface area contributed by atoms with Crippen molar-refractivity contribution in [2.75, 3.05) is 19.8 Å². The number of ether oxygens (including phenoxy) is 5. The summed E-state index contributed by atoms with van der Waals surface area (Å²) in [5, 5.41) is 92.5. The Balaban J connectivity index is 0.948. The lowest BCUT2D eigenvalue weighted by Gasteiger charge is -2.58. The number of aliphatic hydroxyl groups is 9. The molecule has 4 aliphatic carbocycles. The van der Waals surface area contributed by atoms with E-state index >= 15 is 0 Å². The van der Waals surface area contributed by atoms with Crippen LogP contribution in [0, 0.1) is 46.3 Å². The van der Waals surface area contributed by atoms with Crippen LogP contribution in [-0.4, -0.2) is 145 Å². The fraction of sp³-hybridized carbons (Fsp3) is 0.949. The third-order valence-electron chi connectivity index (χ3n) is 15.3. The van der Waals surface area contributed by atoms with Gasteiger partial charge in [0.1, 0.15) is 48.8 Å². The van der Waals surface area contributed by atoms with Crippen molar-refractivity contribution in [1.29, 1.82) is 0 Å². The number of fused-ring (bicyclic) bond motifs is 7. The molecule has 304 valence electrons. The maximum absolute atomic E-state index is 12.0. The van der Waals surface area contributed by atoms with Crippen LogP contribution in [0.25, 0.3) is 0 Å². The molecule has 0 spiro atoms. The molecule has 0 bridgehead atoms. The first-order chi connectivity index (χ1) is 25.1. The third-order valence-corrected chi connectivity index (χ3v) is 15.3. The standard InChI is InChI=1S/C39H64O14/c1-18(17-49-35-33(46)31(44)29(42)26(15-40)51-35)7-12-39(48)19(2)28-25(53-39)14-24-22-6-5-20-13-21(8-10-37(20,3)23(22)9-11-38(24,28)4)50-36-34(47)32(45)30(43)27(16-41)52-36/h5,18-19,21-36,40-48H,6-17H2,1-4H3/t18-,19+,21+,22-,23+,24+,25+,26-,27-,28+,29-,30-,31+,32+,33-,34-,35-,36-,37+,38+,39-/m1/s1. The molecule has 0 amide bonds. The van der Waals surface area contributed by atoms with E-state index in [1.165, 1.54) is 5.57 Å². The van der Waals surface area contributed by atoms with E-state index in [1.807, 2.05) is 6.92 Å². The summed E-state index contributed by atoms with van der Waals surface area (Å²) in [4.78, 5) is 0. The third kappa shape index (κ3) is 6.88. The molecule has 3 saturated heterocycles. The van der Waals surface area contributed by atoms with Crippen LogP contribution >= 0.6 is 0 Å². The highest BCUT2D eigenvalue weighted by Crippen LogP contribution is 2.70. The maximum atomic E-state index is 12.0. The van der Waals surface area contributed by atoms with Crippen LogP contribution in [0.5, 0.6) is 0 Å². The smallest absolute Gasteiger partial charge is 0.186 e. The molecule has 0 unspecified atom stereocenters. The van der Waals surface area contributed by atoms with Crippen LogP contribution in [0.1, 0.15) is 85.5 Å². The van der Waals surface area contributed by atoms with E-state index in [2.05, 4.69) is 26.8 Å². The zero-order valence-electron chi connectivity index (χ0n) is 31.5. The summed E-state index contributed by atoms with van der Waals surface area (Å²) in [6.07, 6.45) is -3.29. The van der Waals surface area contributed by atoms with Gasteiger partial charge in [-0.05, 0) is 91.8 Å². The van der Waals surface area contributed by atoms with Gasteiger partial charge in [0.15, 0.2) is 18.4 Å². The van der Waals surface area contributed by atoms with Gasteiger partial charge < -0.3 is 69.6 Å². The second kappa shape index (κ2) is 15.2. The highest BCUT2D eigenvalue weighted by Gasteiger charge is 2.68. The van der Waals surface area contributed by atoms with Crippen molar-refractivity contribution in [3.63, 3.8) is 0 Å². The van der Waals surface area contributed by atoms with Crippen LogP contribution in [0.2, 0.25) is 0 Å². The summed E-state index contributed by atoms with van der Waals surface area (Å²) in [6.45, 7) is 8.13. The molecule has 14 nitrogen and oxygen atoms in total. The average molecular weight is 757 g/mol. The summed E-state index contributed by atoms with van der Waals surface area (Å²) in [6, 6.07) is 0. The summed E-state index contributed by atoms with van der Waals surface area (Å²) in [5.41, 5.74) is 1.45. The minimum atomic E-state index is -1.49. The molecule has 3 saturated carbocycles. The number of rotatable bonds is 10. The largest absolute Gasteiger partial charge is 0.394 e. The zero-order valence-corrected chi connectivity index (χ0v) is 31.5. The summed E-state index contributed by atoms with van der Waals surface area (Å²) in [7, 11) is 0. The molecule has 53 heavy (non-hydrogen) atoms. The van der Waals surface area contributed by atoms with Gasteiger partial charge in [-0.2, -0.15) is 0 Å². The van der Waals surface area contributed by atoms with Crippen LogP contribution in [0.4, 0.5) is 0 Å². The summed E-state index contributed by atoms with van der Waals surface area (Å²) < 4.78 is 29.8. The Kier molecular flexibility index (Phi) is 11.6. The Morgan fingerprint density at radius 1 is 0.849 bits per heavy atom. The van der Waals surface area contributed by atoms with E-state index in [-0.39, 0.29) is 47.4 Å². The number of hydrogen-bond donors (Lipinski definition) is 9. The molecule has 3 heterocycles. The molecule has 0 aromatic heterocycles. The van der Waals surface area contributed by atoms with Crippen molar-refractivity contribution in [2.24, 2.45) is 46.3 Å². The Morgan fingerprint density at radius 3 is 2.15 bits per heavy atom. The molecule has 7 rings (SSSR count). The first-order valence-electron chi connectivity index (χ1n) is 20.0. The van der Waals surface area contributed by atoms with Crippen molar-refractivity contribution in [1.82, 2.24) is 0 Å². The highest BCUT2D eigenvalue weighted by molar-refractivity contribution is 5.26. The second-order valence-electron chi connectivity index (χ2n) is 18.2. The van der Waals surface area contributed by atoms with Crippen LogP contribution in [-0.2, 0) is 23.7 Å². The first kappa shape index (κ1) is 40.4. The topological polar surface area (TPSA) is 228 Å². The zero-order chi connectivity index (χ0) is 38.2. The second-order valence-corrected chi connectivity index (χ2v) is 18.2. The molecule has 9 N–H and O–H groups in total. The number of allylic oxidation sites excluding steroid dienone is 1. The highest BCUT2D eigenvalue weighted by atomic mass is 16.7.